The van der Waals surface area contributed by atoms with Gasteiger partial charge in [-0.25, -0.2) is 5.43 Å². The largest absolute Gasteiger partial charge is 0.457 e. The molecule has 5 nitrogen and oxygen atoms in total. The minimum Gasteiger partial charge on any atom is -0.457 e. The summed E-state index contributed by atoms with van der Waals surface area (Å²) in [5, 5.41) is 9.43. The van der Waals surface area contributed by atoms with Crippen molar-refractivity contribution in [3.8, 4) is 11.5 Å². The van der Waals surface area contributed by atoms with Gasteiger partial charge in [-0.15, -0.1) is 0 Å². The zero-order valence-electron chi connectivity index (χ0n) is 16.3. The van der Waals surface area contributed by atoms with Crippen LogP contribution in [-0.2, 0) is 4.79 Å². The highest BCUT2D eigenvalue weighted by Gasteiger charge is 2.01. The number of para-hydroxylation sites is 1. The zero-order chi connectivity index (χ0) is 20.6. The van der Waals surface area contributed by atoms with Crippen LogP contribution in [0, 0.1) is 0 Å². The summed E-state index contributed by atoms with van der Waals surface area (Å²) in [6.45, 7) is 0.132. The lowest BCUT2D eigenvalue weighted by Gasteiger charge is -2.07. The number of carbonyl (C=O) groups is 1. The Kier molecular flexibility index (Phi) is 6.01. The fraction of sp³-hybridized carbons (Fsp3) is 0.0400. The molecule has 4 rings (SSSR count). The molecule has 2 N–H and O–H groups in total. The fourth-order valence-electron chi connectivity index (χ4n) is 2.98. The number of nitrogens with one attached hydrogen (secondary N) is 2. The number of hydrogen-bond donors (Lipinski definition) is 2. The Bertz CT molecular complexity index is 1170. The van der Waals surface area contributed by atoms with Gasteiger partial charge in [0.2, 0.25) is 0 Å². The van der Waals surface area contributed by atoms with Crippen LogP contribution in [0.15, 0.2) is 102 Å². The lowest BCUT2D eigenvalue weighted by Crippen LogP contribution is -2.25. The van der Waals surface area contributed by atoms with Crippen molar-refractivity contribution in [3.63, 3.8) is 0 Å². The number of benzene rings is 4. The molecule has 0 heterocycles. The van der Waals surface area contributed by atoms with Crippen LogP contribution in [-0.4, -0.2) is 18.7 Å². The maximum atomic E-state index is 12.1. The molecule has 0 aliphatic carbocycles. The Balaban J connectivity index is 1.29. The molecule has 1 amide bonds. The SMILES string of the molecule is O=C(CNc1ccc2ccccc2c1)N/N=C\c1cccc(Oc2ccccc2)c1. The Labute approximate surface area is 175 Å². The van der Waals surface area contributed by atoms with Gasteiger partial charge in [-0.05, 0) is 52.7 Å². The Morgan fingerprint density at radius 3 is 2.43 bits per heavy atom. The number of ether oxygens (including phenoxy) is 1. The van der Waals surface area contributed by atoms with E-state index < -0.39 is 0 Å². The number of carbonyl (C=O) groups excluding carboxylic acids is 1. The molecule has 0 aromatic heterocycles. The highest BCUT2D eigenvalue weighted by Crippen LogP contribution is 2.21. The molecule has 0 radical (unpaired) electrons. The predicted molar refractivity (Wildman–Crippen MR) is 121 cm³/mol. The maximum absolute atomic E-state index is 12.1. The van der Waals surface area contributed by atoms with E-state index >= 15 is 0 Å². The van der Waals surface area contributed by atoms with E-state index in [4.69, 9.17) is 4.74 Å². The lowest BCUT2D eigenvalue weighted by molar-refractivity contribution is -0.119. The third-order valence-electron chi connectivity index (χ3n) is 4.44. The molecule has 4 aromatic carbocycles. The molecule has 148 valence electrons. The second-order valence-corrected chi connectivity index (χ2v) is 6.70. The predicted octanol–water partition coefficient (Wildman–Crippen LogP) is 5.19. The van der Waals surface area contributed by atoms with Gasteiger partial charge in [0.05, 0.1) is 12.8 Å². The maximum Gasteiger partial charge on any atom is 0.259 e. The topological polar surface area (TPSA) is 62.7 Å². The minimum atomic E-state index is -0.226. The third-order valence-corrected chi connectivity index (χ3v) is 4.44. The van der Waals surface area contributed by atoms with E-state index in [1.54, 1.807) is 6.21 Å². The van der Waals surface area contributed by atoms with Gasteiger partial charge in [0.15, 0.2) is 0 Å². The second-order valence-electron chi connectivity index (χ2n) is 6.70. The molecular weight excluding hydrogens is 374 g/mol. The highest BCUT2D eigenvalue weighted by atomic mass is 16.5. The first kappa shape index (κ1) is 19.2. The zero-order valence-corrected chi connectivity index (χ0v) is 16.3. The van der Waals surface area contributed by atoms with Gasteiger partial charge in [-0.1, -0.05) is 60.7 Å². The third kappa shape index (κ3) is 5.23. The molecule has 5 heteroatoms. The number of fused-ring (bicyclic) bond motifs is 1. The average molecular weight is 395 g/mol. The van der Waals surface area contributed by atoms with Gasteiger partial charge in [-0.2, -0.15) is 5.10 Å². The molecule has 0 aliphatic heterocycles. The number of hydrogen-bond acceptors (Lipinski definition) is 4. The van der Waals surface area contributed by atoms with Crippen molar-refractivity contribution in [2.45, 2.75) is 0 Å². The van der Waals surface area contributed by atoms with Crippen LogP contribution in [0.4, 0.5) is 5.69 Å². The van der Waals surface area contributed by atoms with Crippen molar-refractivity contribution in [1.29, 1.82) is 0 Å². The molecule has 0 aliphatic rings. The monoisotopic (exact) mass is 395 g/mol. The molecule has 4 aromatic rings. The summed E-state index contributed by atoms with van der Waals surface area (Å²) in [6.07, 6.45) is 1.59. The van der Waals surface area contributed by atoms with Crippen molar-refractivity contribution in [2.24, 2.45) is 5.10 Å². The minimum absolute atomic E-state index is 0.132. The summed E-state index contributed by atoms with van der Waals surface area (Å²) in [4.78, 5) is 12.1. The van der Waals surface area contributed by atoms with Gasteiger partial charge < -0.3 is 10.1 Å². The van der Waals surface area contributed by atoms with E-state index in [9.17, 15) is 4.79 Å². The molecule has 0 spiro atoms. The van der Waals surface area contributed by atoms with Crippen LogP contribution in [0.2, 0.25) is 0 Å². The van der Waals surface area contributed by atoms with Gasteiger partial charge in [-0.3, -0.25) is 4.79 Å². The molecule has 0 saturated heterocycles. The van der Waals surface area contributed by atoms with E-state index in [1.807, 2.05) is 91.0 Å². The summed E-state index contributed by atoms with van der Waals surface area (Å²) in [5.74, 6) is 1.24. The standard InChI is InChI=1S/C25H21N3O2/c29-25(18-26-22-14-13-20-8-4-5-9-21(20)16-22)28-27-17-19-7-6-12-24(15-19)30-23-10-2-1-3-11-23/h1-17,26H,18H2,(H,28,29)/b27-17-. The Hall–Kier alpha value is -4.12. The molecule has 0 atom stereocenters. The number of hydrazone groups is 1. The van der Waals surface area contributed by atoms with Crippen LogP contribution in [0.25, 0.3) is 10.8 Å². The molecule has 0 fully saturated rings. The molecule has 30 heavy (non-hydrogen) atoms. The van der Waals surface area contributed by atoms with E-state index in [-0.39, 0.29) is 12.5 Å². The average Bonchev–Trinajstić information content (AvgIpc) is 2.78. The van der Waals surface area contributed by atoms with Crippen molar-refractivity contribution >= 4 is 28.6 Å². The highest BCUT2D eigenvalue weighted by molar-refractivity contribution is 5.87. The van der Waals surface area contributed by atoms with Crippen molar-refractivity contribution in [3.05, 3.63) is 103 Å². The van der Waals surface area contributed by atoms with E-state index in [0.29, 0.717) is 5.75 Å². The Morgan fingerprint density at radius 2 is 1.57 bits per heavy atom. The summed E-state index contributed by atoms with van der Waals surface area (Å²) < 4.78 is 5.81. The molecule has 0 bridgehead atoms. The normalized spacial score (nSPS) is 10.8. The number of anilines is 1. The van der Waals surface area contributed by atoms with Crippen LogP contribution in [0.3, 0.4) is 0 Å². The second kappa shape index (κ2) is 9.39. The summed E-state index contributed by atoms with van der Waals surface area (Å²) >= 11 is 0. The van der Waals surface area contributed by atoms with Crippen molar-refractivity contribution in [2.75, 3.05) is 11.9 Å². The summed E-state index contributed by atoms with van der Waals surface area (Å²) in [7, 11) is 0. The number of rotatable bonds is 7. The van der Waals surface area contributed by atoms with Crippen LogP contribution in [0.5, 0.6) is 11.5 Å². The molecular formula is C25H21N3O2. The fourth-order valence-corrected chi connectivity index (χ4v) is 2.98. The van der Waals surface area contributed by atoms with Crippen LogP contribution in [0.1, 0.15) is 5.56 Å². The summed E-state index contributed by atoms with van der Waals surface area (Å²) in [5.41, 5.74) is 4.25. The number of amides is 1. The smallest absolute Gasteiger partial charge is 0.259 e. The van der Waals surface area contributed by atoms with E-state index in [1.165, 1.54) is 0 Å². The summed E-state index contributed by atoms with van der Waals surface area (Å²) in [6, 6.07) is 31.2. The van der Waals surface area contributed by atoms with Gasteiger partial charge >= 0.3 is 0 Å². The number of nitrogens with zero attached hydrogens (tertiary/aromatic N) is 1. The molecule has 0 saturated carbocycles. The van der Waals surface area contributed by atoms with Crippen molar-refractivity contribution < 1.29 is 9.53 Å². The quantitative estimate of drug-likeness (QED) is 0.334. The lowest BCUT2D eigenvalue weighted by atomic mass is 10.1. The first-order chi connectivity index (χ1) is 14.8. The van der Waals surface area contributed by atoms with Gasteiger partial charge in [0, 0.05) is 5.69 Å². The van der Waals surface area contributed by atoms with Crippen LogP contribution < -0.4 is 15.5 Å². The van der Waals surface area contributed by atoms with E-state index in [2.05, 4.69) is 21.9 Å². The van der Waals surface area contributed by atoms with E-state index in [0.717, 1.165) is 27.8 Å². The first-order valence-electron chi connectivity index (χ1n) is 9.64. The van der Waals surface area contributed by atoms with Crippen LogP contribution >= 0.6 is 0 Å². The Morgan fingerprint density at radius 1 is 0.800 bits per heavy atom. The van der Waals surface area contributed by atoms with Crippen molar-refractivity contribution in [1.82, 2.24) is 5.43 Å². The van der Waals surface area contributed by atoms with Gasteiger partial charge in [0.1, 0.15) is 11.5 Å². The first-order valence-corrected chi connectivity index (χ1v) is 9.64. The van der Waals surface area contributed by atoms with Gasteiger partial charge in [0.25, 0.3) is 5.91 Å². The molecule has 0 unspecified atom stereocenters.